The minimum absolute atomic E-state index is 0.0247. The number of alkyl halides is 3. The van der Waals surface area contributed by atoms with Crippen LogP contribution in [-0.2, 0) is 6.18 Å². The highest BCUT2D eigenvalue weighted by molar-refractivity contribution is 5.94. The molecule has 0 spiro atoms. The molecule has 7 heteroatoms. The number of amides is 1. The lowest BCUT2D eigenvalue weighted by molar-refractivity contribution is -0.140. The van der Waals surface area contributed by atoms with Gasteiger partial charge in [-0.05, 0) is 30.5 Å². The predicted molar refractivity (Wildman–Crippen MR) is 69.2 cm³/mol. The number of halogens is 4. The van der Waals surface area contributed by atoms with Crippen LogP contribution in [0.1, 0.15) is 35.7 Å². The van der Waals surface area contributed by atoms with E-state index in [1.54, 1.807) is 0 Å². The fourth-order valence-electron chi connectivity index (χ4n) is 1.86. The molecule has 1 amide bonds. The second-order valence-electron chi connectivity index (χ2n) is 4.69. The lowest BCUT2D eigenvalue weighted by Gasteiger charge is -2.15. The van der Waals surface area contributed by atoms with Crippen molar-refractivity contribution in [2.75, 3.05) is 13.2 Å². The van der Waals surface area contributed by atoms with Crippen LogP contribution in [0.3, 0.4) is 0 Å². The summed E-state index contributed by atoms with van der Waals surface area (Å²) in [5.41, 5.74) is -1.71. The van der Waals surface area contributed by atoms with Crippen LogP contribution in [0.5, 0.6) is 0 Å². The molecule has 0 fully saturated rings. The summed E-state index contributed by atoms with van der Waals surface area (Å²) < 4.78 is 50.8. The van der Waals surface area contributed by atoms with E-state index in [1.807, 2.05) is 6.92 Å². The Morgan fingerprint density at radius 1 is 1.38 bits per heavy atom. The first-order chi connectivity index (χ1) is 9.79. The molecule has 0 radical (unpaired) electrons. The quantitative estimate of drug-likeness (QED) is 0.794. The Labute approximate surface area is 120 Å². The van der Waals surface area contributed by atoms with Crippen LogP contribution in [-0.4, -0.2) is 24.2 Å². The third-order valence-electron chi connectivity index (χ3n) is 3.20. The van der Waals surface area contributed by atoms with Gasteiger partial charge in [0.05, 0.1) is 5.56 Å². The van der Waals surface area contributed by atoms with Crippen LogP contribution in [0, 0.1) is 11.7 Å². The van der Waals surface area contributed by atoms with E-state index in [0.717, 1.165) is 12.5 Å². The van der Waals surface area contributed by atoms with Crippen LogP contribution < -0.4 is 5.32 Å². The van der Waals surface area contributed by atoms with Gasteiger partial charge in [0, 0.05) is 18.7 Å². The summed E-state index contributed by atoms with van der Waals surface area (Å²) in [4.78, 5) is 11.8. The largest absolute Gasteiger partial charge is 0.419 e. The maximum atomic E-state index is 13.1. The predicted octanol–water partition coefficient (Wildman–Crippen LogP) is 2.98. The van der Waals surface area contributed by atoms with Crippen molar-refractivity contribution in [3.8, 4) is 0 Å². The summed E-state index contributed by atoms with van der Waals surface area (Å²) in [6.07, 6.45) is -3.63. The van der Waals surface area contributed by atoms with E-state index in [9.17, 15) is 22.4 Å². The van der Waals surface area contributed by atoms with E-state index in [2.05, 4.69) is 5.32 Å². The van der Waals surface area contributed by atoms with Gasteiger partial charge in [-0.3, -0.25) is 4.79 Å². The van der Waals surface area contributed by atoms with Crippen molar-refractivity contribution in [1.82, 2.24) is 5.32 Å². The molecular weight excluding hydrogens is 290 g/mol. The van der Waals surface area contributed by atoms with Gasteiger partial charge in [0.1, 0.15) is 5.82 Å². The van der Waals surface area contributed by atoms with Crippen molar-refractivity contribution in [3.05, 3.63) is 35.1 Å². The third-order valence-corrected chi connectivity index (χ3v) is 3.20. The van der Waals surface area contributed by atoms with Gasteiger partial charge in [0.15, 0.2) is 0 Å². The zero-order valence-electron chi connectivity index (χ0n) is 11.5. The smallest absolute Gasteiger partial charge is 0.396 e. The average Bonchev–Trinajstić information content (AvgIpc) is 2.42. The van der Waals surface area contributed by atoms with Crippen molar-refractivity contribution in [2.24, 2.45) is 5.92 Å². The van der Waals surface area contributed by atoms with Crippen molar-refractivity contribution < 1.29 is 27.5 Å². The van der Waals surface area contributed by atoms with Crippen LogP contribution >= 0.6 is 0 Å². The standard InChI is InChI=1S/C14H17F4NO2/c1-2-9(5-6-20)8-19-13(21)10-3-4-12(15)11(7-10)14(16,17)18/h3-4,7,9,20H,2,5-6,8H2,1H3,(H,19,21). The van der Waals surface area contributed by atoms with Crippen LogP contribution in [0.2, 0.25) is 0 Å². The monoisotopic (exact) mass is 307 g/mol. The van der Waals surface area contributed by atoms with Gasteiger partial charge >= 0.3 is 6.18 Å². The highest BCUT2D eigenvalue weighted by atomic mass is 19.4. The zero-order chi connectivity index (χ0) is 16.0. The molecule has 3 nitrogen and oxygen atoms in total. The molecule has 0 bridgehead atoms. The Hall–Kier alpha value is -1.63. The number of rotatable bonds is 6. The average molecular weight is 307 g/mol. The number of nitrogens with one attached hydrogen (secondary N) is 1. The van der Waals surface area contributed by atoms with Gasteiger partial charge in [0.25, 0.3) is 5.91 Å². The number of hydrogen-bond acceptors (Lipinski definition) is 2. The molecule has 1 unspecified atom stereocenters. The summed E-state index contributed by atoms with van der Waals surface area (Å²) in [6, 6.07) is 2.13. The Morgan fingerprint density at radius 3 is 2.57 bits per heavy atom. The van der Waals surface area contributed by atoms with Gasteiger partial charge in [-0.2, -0.15) is 13.2 Å². The molecule has 1 aromatic carbocycles. The van der Waals surface area contributed by atoms with Gasteiger partial charge in [-0.1, -0.05) is 13.3 Å². The van der Waals surface area contributed by atoms with Gasteiger partial charge in [0.2, 0.25) is 0 Å². The molecular formula is C14H17F4NO2. The summed E-state index contributed by atoms with van der Waals surface area (Å²) in [5, 5.41) is 11.3. The summed E-state index contributed by atoms with van der Waals surface area (Å²) in [6.45, 7) is 2.10. The molecule has 0 heterocycles. The van der Waals surface area contributed by atoms with Crippen LogP contribution in [0.15, 0.2) is 18.2 Å². The number of aliphatic hydroxyl groups is 1. The molecule has 1 aromatic rings. The Kier molecular flexibility index (Phi) is 6.14. The third kappa shape index (κ3) is 5.00. The van der Waals surface area contributed by atoms with E-state index in [1.165, 1.54) is 0 Å². The van der Waals surface area contributed by atoms with Crippen LogP contribution in [0.4, 0.5) is 17.6 Å². The topological polar surface area (TPSA) is 49.3 Å². The summed E-state index contributed by atoms with van der Waals surface area (Å²) in [7, 11) is 0. The number of carbonyl (C=O) groups excluding carboxylic acids is 1. The van der Waals surface area contributed by atoms with E-state index in [0.29, 0.717) is 18.6 Å². The molecule has 118 valence electrons. The highest BCUT2D eigenvalue weighted by Crippen LogP contribution is 2.31. The number of benzene rings is 1. The maximum Gasteiger partial charge on any atom is 0.419 e. The lowest BCUT2D eigenvalue weighted by Crippen LogP contribution is -2.29. The highest BCUT2D eigenvalue weighted by Gasteiger charge is 2.34. The molecule has 0 saturated carbocycles. The molecule has 0 aliphatic rings. The molecule has 1 atom stereocenters. The second kappa shape index (κ2) is 7.40. The van der Waals surface area contributed by atoms with E-state index < -0.39 is 23.5 Å². The minimum Gasteiger partial charge on any atom is -0.396 e. The zero-order valence-corrected chi connectivity index (χ0v) is 11.5. The van der Waals surface area contributed by atoms with E-state index >= 15 is 0 Å². The number of aliphatic hydroxyl groups excluding tert-OH is 1. The number of carbonyl (C=O) groups is 1. The Balaban J connectivity index is 2.79. The van der Waals surface area contributed by atoms with Gasteiger partial charge in [-0.15, -0.1) is 0 Å². The van der Waals surface area contributed by atoms with Crippen molar-refractivity contribution in [2.45, 2.75) is 25.9 Å². The van der Waals surface area contributed by atoms with E-state index in [-0.39, 0.29) is 24.6 Å². The van der Waals surface area contributed by atoms with Gasteiger partial charge < -0.3 is 10.4 Å². The maximum absolute atomic E-state index is 13.1. The molecule has 21 heavy (non-hydrogen) atoms. The fraction of sp³-hybridized carbons (Fsp3) is 0.500. The Morgan fingerprint density at radius 2 is 2.05 bits per heavy atom. The second-order valence-corrected chi connectivity index (χ2v) is 4.69. The molecule has 0 saturated heterocycles. The SMILES string of the molecule is CCC(CCO)CNC(=O)c1ccc(F)c(C(F)(F)F)c1. The van der Waals surface area contributed by atoms with Crippen molar-refractivity contribution in [3.63, 3.8) is 0 Å². The minimum atomic E-state index is -4.84. The first kappa shape index (κ1) is 17.4. The van der Waals surface area contributed by atoms with E-state index in [4.69, 9.17) is 5.11 Å². The Bertz CT molecular complexity index is 488. The summed E-state index contributed by atoms with van der Waals surface area (Å²) in [5.74, 6) is -2.07. The number of hydrogen-bond donors (Lipinski definition) is 2. The normalized spacial score (nSPS) is 13.0. The fourth-order valence-corrected chi connectivity index (χ4v) is 1.86. The first-order valence-electron chi connectivity index (χ1n) is 6.55. The summed E-state index contributed by atoms with van der Waals surface area (Å²) >= 11 is 0. The molecule has 0 aromatic heterocycles. The first-order valence-corrected chi connectivity index (χ1v) is 6.55. The molecule has 0 aliphatic carbocycles. The molecule has 2 N–H and O–H groups in total. The lowest BCUT2D eigenvalue weighted by atomic mass is 10.0. The molecule has 1 rings (SSSR count). The van der Waals surface area contributed by atoms with Crippen LogP contribution in [0.25, 0.3) is 0 Å². The van der Waals surface area contributed by atoms with Crippen molar-refractivity contribution >= 4 is 5.91 Å². The van der Waals surface area contributed by atoms with Gasteiger partial charge in [-0.25, -0.2) is 4.39 Å². The van der Waals surface area contributed by atoms with Crippen molar-refractivity contribution in [1.29, 1.82) is 0 Å². The molecule has 0 aliphatic heterocycles.